The fourth-order valence-electron chi connectivity index (χ4n) is 2.90. The third-order valence-electron chi connectivity index (χ3n) is 4.21. The van der Waals surface area contributed by atoms with Crippen molar-refractivity contribution in [2.24, 2.45) is 11.3 Å². The van der Waals surface area contributed by atoms with Crippen LogP contribution in [0.5, 0.6) is 0 Å². The van der Waals surface area contributed by atoms with E-state index in [-0.39, 0.29) is 0 Å². The van der Waals surface area contributed by atoms with Crippen LogP contribution in [0.1, 0.15) is 65.7 Å². The number of rotatable bonds is 6. The first-order valence-electron chi connectivity index (χ1n) is 7.26. The molecule has 0 aromatic carbocycles. The minimum absolute atomic E-state index is 0.567. The lowest BCUT2D eigenvalue weighted by Gasteiger charge is -2.38. The van der Waals surface area contributed by atoms with Crippen molar-refractivity contribution in [1.82, 2.24) is 5.32 Å². The maximum absolute atomic E-state index is 5.40. The normalized spacial score (nSPS) is 22.0. The Morgan fingerprint density at radius 3 is 2.53 bits per heavy atom. The second-order valence-electron chi connectivity index (χ2n) is 6.31. The zero-order valence-electron chi connectivity index (χ0n) is 11.9. The molecular formula is C16H29N. The van der Waals surface area contributed by atoms with Gasteiger partial charge in [0.25, 0.3) is 0 Å². The molecule has 0 amide bonds. The molecule has 17 heavy (non-hydrogen) atoms. The van der Waals surface area contributed by atoms with Crippen LogP contribution in [-0.2, 0) is 0 Å². The highest BCUT2D eigenvalue weighted by Crippen LogP contribution is 2.39. The van der Waals surface area contributed by atoms with Crippen LogP contribution < -0.4 is 5.32 Å². The molecule has 1 aliphatic rings. The standard InChI is InChI=1S/C16H29N/c1-5-7-8-15(17-13-6-2)14-9-11-16(3,4)12-10-14/h1,14-15,17H,6-13H2,2-4H3. The largest absolute Gasteiger partial charge is 0.314 e. The molecule has 1 fully saturated rings. The van der Waals surface area contributed by atoms with Crippen LogP contribution in [0, 0.1) is 23.7 Å². The molecule has 98 valence electrons. The predicted octanol–water partition coefficient (Wildman–Crippen LogP) is 3.98. The molecule has 1 N–H and O–H groups in total. The third-order valence-corrected chi connectivity index (χ3v) is 4.21. The Morgan fingerprint density at radius 2 is 2.00 bits per heavy atom. The number of nitrogens with one attached hydrogen (secondary N) is 1. The van der Waals surface area contributed by atoms with E-state index in [1.807, 2.05) is 0 Å². The lowest BCUT2D eigenvalue weighted by Crippen LogP contribution is -2.39. The Kier molecular flexibility index (Phi) is 6.06. The molecule has 0 aromatic heterocycles. The van der Waals surface area contributed by atoms with E-state index in [2.05, 4.69) is 32.0 Å². The molecule has 1 atom stereocenters. The fourth-order valence-corrected chi connectivity index (χ4v) is 2.90. The average molecular weight is 235 g/mol. The molecule has 0 aromatic rings. The SMILES string of the molecule is C#CCCC(NCCC)C1CCC(C)(C)CC1. The van der Waals surface area contributed by atoms with Crippen LogP contribution >= 0.6 is 0 Å². The molecule has 0 heterocycles. The summed E-state index contributed by atoms with van der Waals surface area (Å²) in [6, 6.07) is 0.655. The molecule has 1 nitrogen and oxygen atoms in total. The zero-order chi connectivity index (χ0) is 12.7. The quantitative estimate of drug-likeness (QED) is 0.687. The van der Waals surface area contributed by atoms with Gasteiger partial charge in [-0.1, -0.05) is 20.8 Å². The van der Waals surface area contributed by atoms with Crippen LogP contribution in [0.25, 0.3) is 0 Å². The third kappa shape index (κ3) is 5.13. The fraction of sp³-hybridized carbons (Fsp3) is 0.875. The molecule has 0 radical (unpaired) electrons. The van der Waals surface area contributed by atoms with E-state index in [4.69, 9.17) is 6.42 Å². The van der Waals surface area contributed by atoms with Gasteiger partial charge in [-0.2, -0.15) is 0 Å². The summed E-state index contributed by atoms with van der Waals surface area (Å²) in [5.74, 6) is 3.64. The Morgan fingerprint density at radius 1 is 1.35 bits per heavy atom. The van der Waals surface area contributed by atoms with Gasteiger partial charge in [-0.3, -0.25) is 0 Å². The van der Waals surface area contributed by atoms with Gasteiger partial charge in [0.2, 0.25) is 0 Å². The van der Waals surface area contributed by atoms with Crippen LogP contribution in [0.15, 0.2) is 0 Å². The van der Waals surface area contributed by atoms with Gasteiger partial charge < -0.3 is 5.32 Å². The Labute approximate surface area is 108 Å². The van der Waals surface area contributed by atoms with Gasteiger partial charge >= 0.3 is 0 Å². The van der Waals surface area contributed by atoms with Gasteiger partial charge in [0.1, 0.15) is 0 Å². The molecular weight excluding hydrogens is 206 g/mol. The van der Waals surface area contributed by atoms with Crippen LogP contribution in [0.4, 0.5) is 0 Å². The summed E-state index contributed by atoms with van der Waals surface area (Å²) in [5, 5.41) is 3.71. The maximum atomic E-state index is 5.40. The first-order chi connectivity index (χ1) is 8.09. The van der Waals surface area contributed by atoms with Crippen LogP contribution in [0.2, 0.25) is 0 Å². The monoisotopic (exact) mass is 235 g/mol. The van der Waals surface area contributed by atoms with Gasteiger partial charge in [0, 0.05) is 12.5 Å². The van der Waals surface area contributed by atoms with E-state index in [0.29, 0.717) is 11.5 Å². The van der Waals surface area contributed by atoms with Gasteiger partial charge in [-0.05, 0) is 56.4 Å². The summed E-state index contributed by atoms with van der Waals surface area (Å²) in [6.45, 7) is 8.17. The lowest BCUT2D eigenvalue weighted by atomic mass is 9.70. The average Bonchev–Trinajstić information content (AvgIpc) is 2.30. The minimum atomic E-state index is 0.567. The van der Waals surface area contributed by atoms with Crippen molar-refractivity contribution in [3.05, 3.63) is 0 Å². The van der Waals surface area contributed by atoms with Crippen molar-refractivity contribution in [2.45, 2.75) is 71.8 Å². The van der Waals surface area contributed by atoms with E-state index in [1.54, 1.807) is 0 Å². The van der Waals surface area contributed by atoms with Crippen LogP contribution in [-0.4, -0.2) is 12.6 Å². The molecule has 1 rings (SSSR count). The second kappa shape index (κ2) is 7.07. The Hall–Kier alpha value is -0.480. The van der Waals surface area contributed by atoms with Crippen LogP contribution in [0.3, 0.4) is 0 Å². The van der Waals surface area contributed by atoms with E-state index in [0.717, 1.165) is 25.3 Å². The van der Waals surface area contributed by atoms with Crippen molar-refractivity contribution in [3.63, 3.8) is 0 Å². The van der Waals surface area contributed by atoms with Gasteiger partial charge in [-0.25, -0.2) is 0 Å². The van der Waals surface area contributed by atoms with E-state index in [9.17, 15) is 0 Å². The lowest BCUT2D eigenvalue weighted by molar-refractivity contribution is 0.158. The van der Waals surface area contributed by atoms with Crippen molar-refractivity contribution in [3.8, 4) is 12.3 Å². The number of terminal acetylenes is 1. The summed E-state index contributed by atoms with van der Waals surface area (Å²) in [4.78, 5) is 0. The van der Waals surface area contributed by atoms with Crippen molar-refractivity contribution < 1.29 is 0 Å². The highest BCUT2D eigenvalue weighted by atomic mass is 14.9. The van der Waals surface area contributed by atoms with Crippen molar-refractivity contribution >= 4 is 0 Å². The zero-order valence-corrected chi connectivity index (χ0v) is 11.9. The Balaban J connectivity index is 2.43. The second-order valence-corrected chi connectivity index (χ2v) is 6.31. The molecule has 1 heteroatoms. The first kappa shape index (κ1) is 14.6. The Bertz CT molecular complexity index is 239. The predicted molar refractivity (Wildman–Crippen MR) is 75.9 cm³/mol. The van der Waals surface area contributed by atoms with Crippen molar-refractivity contribution in [2.75, 3.05) is 6.54 Å². The smallest absolute Gasteiger partial charge is 0.0104 e. The van der Waals surface area contributed by atoms with Gasteiger partial charge in [-0.15, -0.1) is 12.3 Å². The summed E-state index contributed by atoms with van der Waals surface area (Å²) in [7, 11) is 0. The molecule has 1 aliphatic carbocycles. The van der Waals surface area contributed by atoms with Gasteiger partial charge in [0.05, 0.1) is 0 Å². The molecule has 0 aliphatic heterocycles. The van der Waals surface area contributed by atoms with E-state index >= 15 is 0 Å². The minimum Gasteiger partial charge on any atom is -0.314 e. The number of hydrogen-bond donors (Lipinski definition) is 1. The summed E-state index contributed by atoms with van der Waals surface area (Å²) in [5.41, 5.74) is 0.567. The molecule has 0 bridgehead atoms. The number of hydrogen-bond acceptors (Lipinski definition) is 1. The molecule has 1 saturated carbocycles. The van der Waals surface area contributed by atoms with E-state index < -0.39 is 0 Å². The topological polar surface area (TPSA) is 12.0 Å². The molecule has 1 unspecified atom stereocenters. The molecule has 0 spiro atoms. The summed E-state index contributed by atoms with van der Waals surface area (Å²) < 4.78 is 0. The summed E-state index contributed by atoms with van der Waals surface area (Å²) >= 11 is 0. The summed E-state index contributed by atoms with van der Waals surface area (Å²) in [6.07, 6.45) is 14.2. The molecule has 0 saturated heterocycles. The van der Waals surface area contributed by atoms with Gasteiger partial charge in [0.15, 0.2) is 0 Å². The first-order valence-corrected chi connectivity index (χ1v) is 7.26. The highest BCUT2D eigenvalue weighted by Gasteiger charge is 2.30. The van der Waals surface area contributed by atoms with E-state index in [1.165, 1.54) is 32.1 Å². The highest BCUT2D eigenvalue weighted by molar-refractivity contribution is 4.90. The van der Waals surface area contributed by atoms with Crippen molar-refractivity contribution in [1.29, 1.82) is 0 Å². The maximum Gasteiger partial charge on any atom is 0.0104 e.